The van der Waals surface area contributed by atoms with E-state index >= 15 is 0 Å². The molecule has 0 radical (unpaired) electrons. The van der Waals surface area contributed by atoms with Crippen LogP contribution >= 0.6 is 0 Å². The van der Waals surface area contributed by atoms with Crippen LogP contribution in [-0.4, -0.2) is 17.7 Å². The molecule has 0 heterocycles. The van der Waals surface area contributed by atoms with E-state index in [1.165, 1.54) is 18.4 Å². The van der Waals surface area contributed by atoms with Crippen LogP contribution in [0.15, 0.2) is 24.3 Å². The van der Waals surface area contributed by atoms with Gasteiger partial charge in [-0.15, -0.1) is 0 Å². The smallest absolute Gasteiger partial charge is 0.407 e. The summed E-state index contributed by atoms with van der Waals surface area (Å²) in [4.78, 5) is 11.7. The maximum atomic E-state index is 11.7. The highest BCUT2D eigenvalue weighted by molar-refractivity contribution is 5.67. The Kier molecular flexibility index (Phi) is 7.39. The Balaban J connectivity index is 2.55. The molecule has 0 aliphatic heterocycles. The van der Waals surface area contributed by atoms with E-state index < -0.39 is 5.60 Å². The average molecular weight is 306 g/mol. The summed E-state index contributed by atoms with van der Waals surface area (Å²) in [6, 6.07) is 8.65. The highest BCUT2D eigenvalue weighted by Gasteiger charge is 2.16. The van der Waals surface area contributed by atoms with E-state index in [0.717, 1.165) is 12.1 Å². The molecule has 1 unspecified atom stereocenters. The zero-order valence-electron chi connectivity index (χ0n) is 14.5. The summed E-state index contributed by atoms with van der Waals surface area (Å²) >= 11 is 0. The first kappa shape index (κ1) is 18.5. The van der Waals surface area contributed by atoms with Gasteiger partial charge in [0.05, 0.1) is 0 Å². The highest BCUT2D eigenvalue weighted by Crippen LogP contribution is 2.11. The van der Waals surface area contributed by atoms with Crippen molar-refractivity contribution in [3.8, 4) is 0 Å². The SMILES string of the molecule is CCCC(C)NCc1ccccc1CNC(=O)OC(C)(C)C. The largest absolute Gasteiger partial charge is 0.444 e. The Bertz CT molecular complexity index is 466. The molecule has 0 saturated carbocycles. The number of rotatable bonds is 7. The quantitative estimate of drug-likeness (QED) is 0.801. The zero-order valence-corrected chi connectivity index (χ0v) is 14.5. The molecule has 0 saturated heterocycles. The van der Waals surface area contributed by atoms with Gasteiger partial charge in [0.25, 0.3) is 0 Å². The molecule has 0 aliphatic rings. The number of amides is 1. The Hall–Kier alpha value is -1.55. The van der Waals surface area contributed by atoms with Crippen molar-refractivity contribution in [1.82, 2.24) is 10.6 Å². The molecule has 0 aliphatic carbocycles. The van der Waals surface area contributed by atoms with Gasteiger partial charge >= 0.3 is 6.09 Å². The molecule has 0 aromatic heterocycles. The van der Waals surface area contributed by atoms with Gasteiger partial charge in [0.1, 0.15) is 5.60 Å². The van der Waals surface area contributed by atoms with Gasteiger partial charge in [-0.3, -0.25) is 0 Å². The Morgan fingerprint density at radius 2 is 1.77 bits per heavy atom. The number of benzene rings is 1. The van der Waals surface area contributed by atoms with Crippen molar-refractivity contribution >= 4 is 6.09 Å². The van der Waals surface area contributed by atoms with Crippen LogP contribution in [0.2, 0.25) is 0 Å². The summed E-state index contributed by atoms with van der Waals surface area (Å²) in [6.45, 7) is 11.3. The van der Waals surface area contributed by atoms with Crippen LogP contribution < -0.4 is 10.6 Å². The summed E-state index contributed by atoms with van der Waals surface area (Å²) in [5.41, 5.74) is 1.85. The molecule has 124 valence electrons. The Labute approximate surface area is 134 Å². The molecule has 1 aromatic rings. The molecule has 1 aromatic carbocycles. The van der Waals surface area contributed by atoms with Crippen LogP contribution in [0.4, 0.5) is 4.79 Å². The maximum absolute atomic E-state index is 11.7. The van der Waals surface area contributed by atoms with E-state index in [4.69, 9.17) is 4.74 Å². The first-order valence-corrected chi connectivity index (χ1v) is 8.09. The molecule has 1 amide bonds. The van der Waals surface area contributed by atoms with Gasteiger partial charge < -0.3 is 15.4 Å². The van der Waals surface area contributed by atoms with Crippen LogP contribution in [0.5, 0.6) is 0 Å². The first-order chi connectivity index (χ1) is 10.3. The van der Waals surface area contributed by atoms with Crippen molar-refractivity contribution in [3.05, 3.63) is 35.4 Å². The van der Waals surface area contributed by atoms with Gasteiger partial charge in [-0.25, -0.2) is 4.79 Å². The van der Waals surface area contributed by atoms with Crippen molar-refractivity contribution in [2.45, 2.75) is 72.2 Å². The average Bonchev–Trinajstić information content (AvgIpc) is 2.42. The van der Waals surface area contributed by atoms with Crippen molar-refractivity contribution < 1.29 is 9.53 Å². The lowest BCUT2D eigenvalue weighted by Gasteiger charge is -2.20. The predicted octanol–water partition coefficient (Wildman–Crippen LogP) is 3.99. The number of carbonyl (C=O) groups is 1. The summed E-state index contributed by atoms with van der Waals surface area (Å²) < 4.78 is 5.26. The van der Waals surface area contributed by atoms with Crippen LogP contribution in [0.1, 0.15) is 58.6 Å². The van der Waals surface area contributed by atoms with Crippen LogP contribution in [-0.2, 0) is 17.8 Å². The Morgan fingerprint density at radius 1 is 1.18 bits per heavy atom. The maximum Gasteiger partial charge on any atom is 0.407 e. The molecule has 0 bridgehead atoms. The van der Waals surface area contributed by atoms with Gasteiger partial charge in [-0.2, -0.15) is 0 Å². The monoisotopic (exact) mass is 306 g/mol. The number of hydrogen-bond acceptors (Lipinski definition) is 3. The second kappa shape index (κ2) is 8.79. The van der Waals surface area contributed by atoms with E-state index in [-0.39, 0.29) is 6.09 Å². The van der Waals surface area contributed by atoms with E-state index in [1.54, 1.807) is 0 Å². The second-order valence-corrected chi connectivity index (χ2v) is 6.69. The van der Waals surface area contributed by atoms with Crippen LogP contribution in [0.3, 0.4) is 0 Å². The summed E-state index contributed by atoms with van der Waals surface area (Å²) in [5, 5.41) is 6.34. The molecule has 22 heavy (non-hydrogen) atoms. The Morgan fingerprint density at radius 3 is 2.32 bits per heavy atom. The standard InChI is InChI=1S/C18H30N2O2/c1-6-9-14(2)19-12-15-10-7-8-11-16(15)13-20-17(21)22-18(3,4)5/h7-8,10-11,14,19H,6,9,12-13H2,1-5H3,(H,20,21). The van der Waals surface area contributed by atoms with E-state index in [9.17, 15) is 4.79 Å². The fraction of sp³-hybridized carbons (Fsp3) is 0.611. The number of carbonyl (C=O) groups excluding carboxylic acids is 1. The van der Waals surface area contributed by atoms with Crippen LogP contribution in [0, 0.1) is 0 Å². The second-order valence-electron chi connectivity index (χ2n) is 6.69. The van der Waals surface area contributed by atoms with Gasteiger partial charge in [0.2, 0.25) is 0 Å². The normalized spacial score (nSPS) is 12.8. The summed E-state index contributed by atoms with van der Waals surface area (Å²) in [6.07, 6.45) is 1.96. The molecule has 0 fully saturated rings. The molecule has 1 atom stereocenters. The third-order valence-electron chi connectivity index (χ3n) is 3.30. The molecule has 4 nitrogen and oxygen atoms in total. The fourth-order valence-corrected chi connectivity index (χ4v) is 2.20. The molecular weight excluding hydrogens is 276 g/mol. The van der Waals surface area contributed by atoms with Gasteiger partial charge in [0.15, 0.2) is 0 Å². The van der Waals surface area contributed by atoms with Crippen molar-refractivity contribution in [2.75, 3.05) is 0 Å². The lowest BCUT2D eigenvalue weighted by atomic mass is 10.1. The molecule has 2 N–H and O–H groups in total. The van der Waals surface area contributed by atoms with Gasteiger partial charge in [-0.1, -0.05) is 37.6 Å². The van der Waals surface area contributed by atoms with Crippen molar-refractivity contribution in [1.29, 1.82) is 0 Å². The summed E-state index contributed by atoms with van der Waals surface area (Å²) in [5.74, 6) is 0. The van der Waals surface area contributed by atoms with Crippen molar-refractivity contribution in [2.24, 2.45) is 0 Å². The number of alkyl carbamates (subject to hydrolysis) is 1. The lowest BCUT2D eigenvalue weighted by Crippen LogP contribution is -2.32. The third kappa shape index (κ3) is 7.46. The number of ether oxygens (including phenoxy) is 1. The lowest BCUT2D eigenvalue weighted by molar-refractivity contribution is 0.0523. The van der Waals surface area contributed by atoms with E-state index in [1.807, 2.05) is 39.0 Å². The van der Waals surface area contributed by atoms with Gasteiger partial charge in [0, 0.05) is 19.1 Å². The third-order valence-corrected chi connectivity index (χ3v) is 3.30. The summed E-state index contributed by atoms with van der Waals surface area (Å²) in [7, 11) is 0. The number of nitrogens with one attached hydrogen (secondary N) is 2. The molecular formula is C18H30N2O2. The van der Waals surface area contributed by atoms with E-state index in [2.05, 4.69) is 30.5 Å². The van der Waals surface area contributed by atoms with E-state index in [0.29, 0.717) is 12.6 Å². The topological polar surface area (TPSA) is 50.4 Å². The molecule has 1 rings (SSSR count). The molecule has 0 spiro atoms. The van der Waals surface area contributed by atoms with Crippen molar-refractivity contribution in [3.63, 3.8) is 0 Å². The minimum Gasteiger partial charge on any atom is -0.444 e. The minimum atomic E-state index is -0.471. The first-order valence-electron chi connectivity index (χ1n) is 8.09. The number of hydrogen-bond donors (Lipinski definition) is 2. The minimum absolute atomic E-state index is 0.380. The molecule has 4 heteroatoms. The van der Waals surface area contributed by atoms with Gasteiger partial charge in [-0.05, 0) is 45.2 Å². The highest BCUT2D eigenvalue weighted by atomic mass is 16.6. The predicted molar refractivity (Wildman–Crippen MR) is 90.7 cm³/mol. The fourth-order valence-electron chi connectivity index (χ4n) is 2.20. The zero-order chi connectivity index (χ0) is 16.6. The van der Waals surface area contributed by atoms with Crippen LogP contribution in [0.25, 0.3) is 0 Å².